The van der Waals surface area contributed by atoms with Crippen molar-refractivity contribution in [3.63, 3.8) is 0 Å². The first-order valence-electron chi connectivity index (χ1n) is 5.17. The van der Waals surface area contributed by atoms with Gasteiger partial charge in [-0.25, -0.2) is 0 Å². The number of para-hydroxylation sites is 1. The van der Waals surface area contributed by atoms with Gasteiger partial charge in [-0.05, 0) is 24.5 Å². The Morgan fingerprint density at radius 2 is 1.87 bits per heavy atom. The van der Waals surface area contributed by atoms with Gasteiger partial charge in [-0.2, -0.15) is 0 Å². The minimum atomic E-state index is -0.343. The molecule has 0 bridgehead atoms. The summed E-state index contributed by atoms with van der Waals surface area (Å²) in [5.74, 6) is 0.0855. The summed E-state index contributed by atoms with van der Waals surface area (Å²) in [6.45, 7) is 6.00. The lowest BCUT2D eigenvalue weighted by Gasteiger charge is -2.17. The van der Waals surface area contributed by atoms with E-state index in [4.69, 9.17) is 5.73 Å². The summed E-state index contributed by atoms with van der Waals surface area (Å²) in [5, 5.41) is 3.12. The van der Waals surface area contributed by atoms with Crippen LogP contribution in [0.3, 0.4) is 0 Å². The van der Waals surface area contributed by atoms with Crippen molar-refractivity contribution in [1.29, 1.82) is 0 Å². The van der Waals surface area contributed by atoms with E-state index < -0.39 is 0 Å². The minimum Gasteiger partial charge on any atom is -0.374 e. The van der Waals surface area contributed by atoms with Crippen LogP contribution in [0.15, 0.2) is 24.3 Å². The van der Waals surface area contributed by atoms with Crippen LogP contribution in [0.1, 0.15) is 32.3 Å². The second-order valence-corrected chi connectivity index (χ2v) is 4.01. The van der Waals surface area contributed by atoms with Crippen molar-refractivity contribution in [2.75, 3.05) is 5.32 Å². The van der Waals surface area contributed by atoms with E-state index in [1.807, 2.05) is 18.2 Å². The molecule has 1 amide bonds. The van der Waals surface area contributed by atoms with Crippen LogP contribution in [0, 0.1) is 0 Å². The molecule has 0 aliphatic heterocycles. The highest BCUT2D eigenvalue weighted by Gasteiger charge is 2.11. The zero-order valence-electron chi connectivity index (χ0n) is 9.45. The number of hydrogen-bond donors (Lipinski definition) is 2. The van der Waals surface area contributed by atoms with Crippen LogP contribution in [-0.2, 0) is 4.79 Å². The third-order valence-corrected chi connectivity index (χ3v) is 2.38. The molecule has 3 heteroatoms. The van der Waals surface area contributed by atoms with Gasteiger partial charge in [0, 0.05) is 5.69 Å². The number of hydrogen-bond acceptors (Lipinski definition) is 2. The zero-order chi connectivity index (χ0) is 11.4. The molecule has 0 saturated heterocycles. The standard InChI is InChI=1S/C12H18N2O/c1-8(2)10-6-4-5-7-11(10)14-9(3)12(13)15/h4-9,14H,1-3H3,(H2,13,15)/t9-/m1/s1. The summed E-state index contributed by atoms with van der Waals surface area (Å²) in [7, 11) is 0. The second kappa shape index (κ2) is 4.82. The third-order valence-electron chi connectivity index (χ3n) is 2.38. The molecule has 0 aliphatic rings. The number of rotatable bonds is 4. The average molecular weight is 206 g/mol. The van der Waals surface area contributed by atoms with Crippen LogP contribution in [0.5, 0.6) is 0 Å². The fourth-order valence-electron chi connectivity index (χ4n) is 1.44. The summed E-state index contributed by atoms with van der Waals surface area (Å²) in [6, 6.07) is 7.62. The normalized spacial score (nSPS) is 12.5. The molecule has 0 spiro atoms. The molecule has 15 heavy (non-hydrogen) atoms. The number of benzene rings is 1. The molecule has 1 atom stereocenters. The topological polar surface area (TPSA) is 55.1 Å². The van der Waals surface area contributed by atoms with Crippen molar-refractivity contribution >= 4 is 11.6 Å². The number of amides is 1. The van der Waals surface area contributed by atoms with E-state index in [9.17, 15) is 4.79 Å². The van der Waals surface area contributed by atoms with Crippen LogP contribution < -0.4 is 11.1 Å². The molecule has 82 valence electrons. The van der Waals surface area contributed by atoms with Gasteiger partial charge in [0.1, 0.15) is 6.04 Å². The molecule has 0 aromatic heterocycles. The SMILES string of the molecule is CC(C)c1ccccc1N[C@H](C)C(N)=O. The molecular weight excluding hydrogens is 188 g/mol. The molecule has 0 saturated carbocycles. The minimum absolute atomic E-state index is 0.339. The van der Waals surface area contributed by atoms with Crippen LogP contribution in [0.25, 0.3) is 0 Å². The van der Waals surface area contributed by atoms with Gasteiger partial charge in [0.25, 0.3) is 0 Å². The Morgan fingerprint density at radius 3 is 2.40 bits per heavy atom. The summed E-state index contributed by atoms with van der Waals surface area (Å²) in [6.07, 6.45) is 0. The maximum atomic E-state index is 10.9. The summed E-state index contributed by atoms with van der Waals surface area (Å²) >= 11 is 0. The van der Waals surface area contributed by atoms with Gasteiger partial charge in [-0.1, -0.05) is 32.0 Å². The van der Waals surface area contributed by atoms with Crippen molar-refractivity contribution in [3.8, 4) is 0 Å². The largest absolute Gasteiger partial charge is 0.374 e. The predicted octanol–water partition coefficient (Wildman–Crippen LogP) is 2.10. The molecule has 0 radical (unpaired) electrons. The van der Waals surface area contributed by atoms with E-state index in [0.717, 1.165) is 5.69 Å². The quantitative estimate of drug-likeness (QED) is 0.792. The molecular formula is C12H18N2O. The van der Waals surface area contributed by atoms with Gasteiger partial charge in [-0.15, -0.1) is 0 Å². The Hall–Kier alpha value is -1.51. The first-order valence-corrected chi connectivity index (χ1v) is 5.17. The number of primary amides is 1. The molecule has 1 aromatic carbocycles. The Kier molecular flexibility index (Phi) is 3.72. The molecule has 3 N–H and O–H groups in total. The number of anilines is 1. The maximum Gasteiger partial charge on any atom is 0.239 e. The van der Waals surface area contributed by atoms with E-state index in [1.54, 1.807) is 6.92 Å². The molecule has 0 aliphatic carbocycles. The third kappa shape index (κ3) is 2.98. The predicted molar refractivity (Wildman–Crippen MR) is 62.8 cm³/mol. The molecule has 1 aromatic rings. The van der Waals surface area contributed by atoms with Crippen LogP contribution in [0.4, 0.5) is 5.69 Å². The summed E-state index contributed by atoms with van der Waals surface area (Å²) < 4.78 is 0. The van der Waals surface area contributed by atoms with E-state index in [2.05, 4.69) is 25.2 Å². The Morgan fingerprint density at radius 1 is 1.27 bits per heavy atom. The van der Waals surface area contributed by atoms with Crippen LogP contribution >= 0.6 is 0 Å². The van der Waals surface area contributed by atoms with E-state index in [-0.39, 0.29) is 11.9 Å². The maximum absolute atomic E-state index is 10.9. The fourth-order valence-corrected chi connectivity index (χ4v) is 1.44. The van der Waals surface area contributed by atoms with Crippen LogP contribution in [0.2, 0.25) is 0 Å². The Balaban J connectivity index is 2.89. The zero-order valence-corrected chi connectivity index (χ0v) is 9.45. The van der Waals surface area contributed by atoms with Crippen molar-refractivity contribution in [3.05, 3.63) is 29.8 Å². The molecule has 0 unspecified atom stereocenters. The lowest BCUT2D eigenvalue weighted by Crippen LogP contribution is -2.32. The number of nitrogens with one attached hydrogen (secondary N) is 1. The van der Waals surface area contributed by atoms with Gasteiger partial charge < -0.3 is 11.1 Å². The molecule has 0 fully saturated rings. The molecule has 3 nitrogen and oxygen atoms in total. The number of carbonyl (C=O) groups excluding carboxylic acids is 1. The van der Waals surface area contributed by atoms with Crippen molar-refractivity contribution in [2.45, 2.75) is 32.7 Å². The van der Waals surface area contributed by atoms with Crippen molar-refractivity contribution < 1.29 is 4.79 Å². The Labute approximate surface area is 90.7 Å². The van der Waals surface area contributed by atoms with Crippen LogP contribution in [-0.4, -0.2) is 11.9 Å². The summed E-state index contributed by atoms with van der Waals surface area (Å²) in [5.41, 5.74) is 7.39. The van der Waals surface area contributed by atoms with Gasteiger partial charge in [-0.3, -0.25) is 4.79 Å². The smallest absolute Gasteiger partial charge is 0.239 e. The first kappa shape index (κ1) is 11.6. The highest BCUT2D eigenvalue weighted by Crippen LogP contribution is 2.23. The highest BCUT2D eigenvalue weighted by molar-refractivity contribution is 5.82. The van der Waals surface area contributed by atoms with Gasteiger partial charge in [0.2, 0.25) is 5.91 Å². The van der Waals surface area contributed by atoms with E-state index in [1.165, 1.54) is 5.56 Å². The highest BCUT2D eigenvalue weighted by atomic mass is 16.1. The molecule has 0 heterocycles. The molecule has 1 rings (SSSR count). The van der Waals surface area contributed by atoms with Crippen molar-refractivity contribution in [2.24, 2.45) is 5.73 Å². The lowest BCUT2D eigenvalue weighted by atomic mass is 10.0. The first-order chi connectivity index (χ1) is 7.02. The second-order valence-electron chi connectivity index (χ2n) is 4.01. The van der Waals surface area contributed by atoms with Gasteiger partial charge >= 0.3 is 0 Å². The van der Waals surface area contributed by atoms with Crippen molar-refractivity contribution in [1.82, 2.24) is 0 Å². The number of nitrogens with two attached hydrogens (primary N) is 1. The van der Waals surface area contributed by atoms with Gasteiger partial charge in [0.15, 0.2) is 0 Å². The van der Waals surface area contributed by atoms with E-state index >= 15 is 0 Å². The lowest BCUT2D eigenvalue weighted by molar-refractivity contribution is -0.118. The number of carbonyl (C=O) groups is 1. The van der Waals surface area contributed by atoms with Gasteiger partial charge in [0.05, 0.1) is 0 Å². The van der Waals surface area contributed by atoms with E-state index in [0.29, 0.717) is 5.92 Å². The monoisotopic (exact) mass is 206 g/mol. The summed E-state index contributed by atoms with van der Waals surface area (Å²) in [4.78, 5) is 10.9. The fraction of sp³-hybridized carbons (Fsp3) is 0.417. The Bertz CT molecular complexity index is 347. The average Bonchev–Trinajstić information content (AvgIpc) is 2.18.